The number of halogens is 1. The van der Waals surface area contributed by atoms with Crippen LogP contribution in [0.15, 0.2) is 64.2 Å². The zero-order valence-electron chi connectivity index (χ0n) is 31.3. The minimum Gasteiger partial charge on any atom is -0.490 e. The van der Waals surface area contributed by atoms with E-state index >= 15 is 0 Å². The molecule has 0 unspecified atom stereocenters. The monoisotopic (exact) mass is 817 g/mol. The highest BCUT2D eigenvalue weighted by Crippen LogP contribution is 2.37. The quantitative estimate of drug-likeness (QED) is 0.0755. The molecule has 2 aromatic heterocycles. The summed E-state index contributed by atoms with van der Waals surface area (Å²) in [6, 6.07) is 13.6. The summed E-state index contributed by atoms with van der Waals surface area (Å²) in [5.74, 6) is -1.98. The molecule has 0 aliphatic carbocycles. The van der Waals surface area contributed by atoms with Crippen molar-refractivity contribution in [2.24, 2.45) is 11.5 Å². The summed E-state index contributed by atoms with van der Waals surface area (Å²) in [5.41, 5.74) is 19.5. The summed E-state index contributed by atoms with van der Waals surface area (Å²) >= 11 is 7.18. The van der Waals surface area contributed by atoms with Crippen LogP contribution in [0.25, 0.3) is 22.6 Å². The maximum absolute atomic E-state index is 12.9. The standard InChI is InChI=1S/C38H40ClN9O8S/c1-19(42)33(49)45-21(3)37(51)55-17-28(56-38(52)22(4)46-34(50)20(2)43)16-53-27-11-7-23(8-12-27)31-29(13-40)32(44)48-36(30(31)14-41)57-18-26-15-54-35(47-26)24-5-9-25(39)10-6-24/h5-12,15,19-22,28H,16-18,42-43H2,1-4H3,(H2,44,48)(H,45,49)(H,46,50)/t19-,20-,21-,22-,28-/m0/s1. The van der Waals surface area contributed by atoms with Crippen LogP contribution in [0, 0.1) is 22.7 Å². The SMILES string of the molecule is C[C@H](N)C(=O)N[C@@H](C)C(=O)OC[C@H](COc1ccc(-c2c(C#N)c(N)nc(SCc3coc(-c4ccc(Cl)cc4)n3)c2C#N)cc1)OC(=O)[C@H](C)NC(=O)[C@H](C)N. The number of nitriles is 2. The van der Waals surface area contributed by atoms with Crippen LogP contribution in [-0.4, -0.2) is 77.2 Å². The number of nitrogen functional groups attached to an aromatic ring is 1. The first-order valence-electron chi connectivity index (χ1n) is 17.3. The third-order valence-electron chi connectivity index (χ3n) is 7.94. The van der Waals surface area contributed by atoms with Crippen LogP contribution in [-0.2, 0) is 34.4 Å². The van der Waals surface area contributed by atoms with Gasteiger partial charge in [-0.3, -0.25) is 9.59 Å². The molecule has 0 radical (unpaired) electrons. The number of carbonyl (C=O) groups is 4. The Kier molecular flexibility index (Phi) is 15.4. The van der Waals surface area contributed by atoms with Gasteiger partial charge in [0.15, 0.2) is 6.10 Å². The highest BCUT2D eigenvalue weighted by Gasteiger charge is 2.27. The minimum absolute atomic E-state index is 0.00130. The molecule has 0 aliphatic rings. The number of nitrogens with two attached hydrogens (primary N) is 3. The second-order valence-electron chi connectivity index (χ2n) is 12.7. The van der Waals surface area contributed by atoms with Crippen molar-refractivity contribution in [1.29, 1.82) is 10.5 Å². The molecule has 4 rings (SSSR count). The van der Waals surface area contributed by atoms with Crippen LogP contribution in [0.1, 0.15) is 44.5 Å². The Hall–Kier alpha value is -6.18. The Morgan fingerprint density at radius 1 is 0.842 bits per heavy atom. The Bertz CT molecular complexity index is 2170. The molecule has 17 nitrogen and oxygen atoms in total. The zero-order valence-corrected chi connectivity index (χ0v) is 32.8. The van der Waals surface area contributed by atoms with Crippen LogP contribution in [0.2, 0.25) is 5.02 Å². The van der Waals surface area contributed by atoms with E-state index in [9.17, 15) is 29.7 Å². The van der Waals surface area contributed by atoms with Gasteiger partial charge in [0, 0.05) is 21.9 Å². The number of amides is 2. The first kappa shape index (κ1) is 43.5. The molecule has 0 aliphatic heterocycles. The number of thioether (sulfide) groups is 1. The number of esters is 2. The molecule has 0 bridgehead atoms. The van der Waals surface area contributed by atoms with Crippen molar-refractivity contribution in [3.05, 3.63) is 76.6 Å². The highest BCUT2D eigenvalue weighted by atomic mass is 35.5. The lowest BCUT2D eigenvalue weighted by Crippen LogP contribution is -2.48. The van der Waals surface area contributed by atoms with Crippen LogP contribution in [0.5, 0.6) is 5.75 Å². The van der Waals surface area contributed by atoms with E-state index in [1.54, 1.807) is 48.5 Å². The van der Waals surface area contributed by atoms with Crippen LogP contribution >= 0.6 is 23.4 Å². The lowest BCUT2D eigenvalue weighted by molar-refractivity contribution is -0.163. The number of ether oxygens (including phenoxy) is 3. The van der Waals surface area contributed by atoms with Crippen LogP contribution in [0.4, 0.5) is 5.82 Å². The predicted molar refractivity (Wildman–Crippen MR) is 209 cm³/mol. The summed E-state index contributed by atoms with van der Waals surface area (Å²) in [5, 5.41) is 26.0. The number of oxazole rings is 1. The average Bonchev–Trinajstić information content (AvgIpc) is 3.66. The third kappa shape index (κ3) is 11.9. The number of carbonyl (C=O) groups excluding carboxylic acids is 4. The highest BCUT2D eigenvalue weighted by molar-refractivity contribution is 7.98. The van der Waals surface area contributed by atoms with Gasteiger partial charge in [0.2, 0.25) is 17.7 Å². The molecule has 0 saturated heterocycles. The van der Waals surface area contributed by atoms with Gasteiger partial charge in [-0.05, 0) is 69.7 Å². The third-order valence-corrected chi connectivity index (χ3v) is 9.20. The fourth-order valence-electron chi connectivity index (χ4n) is 4.83. The summed E-state index contributed by atoms with van der Waals surface area (Å²) in [6.45, 7) is 4.90. The predicted octanol–water partition coefficient (Wildman–Crippen LogP) is 3.21. The molecule has 4 aromatic rings. The number of hydrogen-bond donors (Lipinski definition) is 5. The Balaban J connectivity index is 1.50. The summed E-state index contributed by atoms with van der Waals surface area (Å²) in [6.07, 6.45) is 0.323. The number of rotatable bonds is 17. The molecule has 5 atom stereocenters. The average molecular weight is 818 g/mol. The van der Waals surface area contributed by atoms with Gasteiger partial charge in [-0.1, -0.05) is 35.5 Å². The topological polar surface area (TPSA) is 285 Å². The number of nitrogens with zero attached hydrogens (tertiary/aromatic N) is 4. The van der Waals surface area contributed by atoms with Crippen molar-refractivity contribution in [2.45, 2.75) is 68.7 Å². The zero-order chi connectivity index (χ0) is 41.8. The van der Waals surface area contributed by atoms with Crippen molar-refractivity contribution >= 4 is 52.9 Å². The fourth-order valence-corrected chi connectivity index (χ4v) is 5.83. The van der Waals surface area contributed by atoms with Crippen LogP contribution < -0.4 is 32.6 Å². The van der Waals surface area contributed by atoms with E-state index in [0.29, 0.717) is 22.2 Å². The number of benzene rings is 2. The van der Waals surface area contributed by atoms with Crippen molar-refractivity contribution in [2.75, 3.05) is 18.9 Å². The molecular formula is C38H40ClN9O8S. The summed E-state index contributed by atoms with van der Waals surface area (Å²) in [7, 11) is 0. The van der Waals surface area contributed by atoms with Gasteiger partial charge in [-0.15, -0.1) is 0 Å². The van der Waals surface area contributed by atoms with E-state index in [1.165, 1.54) is 45.7 Å². The summed E-state index contributed by atoms with van der Waals surface area (Å²) < 4.78 is 22.3. The number of aromatic nitrogens is 2. The first-order chi connectivity index (χ1) is 27.1. The van der Waals surface area contributed by atoms with E-state index in [0.717, 1.165) is 5.56 Å². The fraction of sp³-hybridized carbons (Fsp3) is 0.316. The number of anilines is 1. The van der Waals surface area contributed by atoms with E-state index < -0.39 is 60.6 Å². The van der Waals surface area contributed by atoms with Gasteiger partial charge in [0.1, 0.15) is 65.9 Å². The van der Waals surface area contributed by atoms with Gasteiger partial charge in [0.25, 0.3) is 0 Å². The second kappa shape index (κ2) is 20.1. The lowest BCUT2D eigenvalue weighted by atomic mass is 9.97. The van der Waals surface area contributed by atoms with Gasteiger partial charge in [-0.2, -0.15) is 10.5 Å². The molecule has 0 saturated carbocycles. The molecule has 0 spiro atoms. The van der Waals surface area contributed by atoms with Crippen molar-refractivity contribution in [1.82, 2.24) is 20.6 Å². The van der Waals surface area contributed by atoms with Gasteiger partial charge >= 0.3 is 11.9 Å². The molecule has 2 aromatic carbocycles. The summed E-state index contributed by atoms with van der Waals surface area (Å²) in [4.78, 5) is 58.3. The Morgan fingerprint density at radius 3 is 2.00 bits per heavy atom. The number of hydrogen-bond acceptors (Lipinski definition) is 16. The number of pyridine rings is 1. The van der Waals surface area contributed by atoms with Crippen molar-refractivity contribution in [3.8, 4) is 40.5 Å². The van der Waals surface area contributed by atoms with E-state index in [2.05, 4.69) is 26.7 Å². The van der Waals surface area contributed by atoms with E-state index in [4.69, 9.17) is 47.4 Å². The molecular weight excluding hydrogens is 778 g/mol. The molecule has 57 heavy (non-hydrogen) atoms. The van der Waals surface area contributed by atoms with Crippen molar-refractivity contribution in [3.63, 3.8) is 0 Å². The molecule has 2 heterocycles. The number of nitrogens with one attached hydrogen (secondary N) is 2. The van der Waals surface area contributed by atoms with E-state index in [-0.39, 0.29) is 45.6 Å². The van der Waals surface area contributed by atoms with Gasteiger partial charge in [-0.25, -0.2) is 19.6 Å². The molecule has 298 valence electrons. The Morgan fingerprint density at radius 2 is 1.42 bits per heavy atom. The van der Waals surface area contributed by atoms with Gasteiger partial charge in [0.05, 0.1) is 23.3 Å². The normalized spacial score (nSPS) is 13.4. The smallest absolute Gasteiger partial charge is 0.328 e. The van der Waals surface area contributed by atoms with Gasteiger partial charge < -0.3 is 46.5 Å². The molecule has 0 fully saturated rings. The molecule has 19 heteroatoms. The maximum atomic E-state index is 12.9. The molecule has 2 amide bonds. The maximum Gasteiger partial charge on any atom is 0.328 e. The Labute approximate surface area is 337 Å². The molecule has 8 N–H and O–H groups in total. The van der Waals surface area contributed by atoms with Crippen molar-refractivity contribution < 1.29 is 37.8 Å². The van der Waals surface area contributed by atoms with E-state index in [1.807, 2.05) is 6.07 Å². The largest absolute Gasteiger partial charge is 0.490 e. The lowest BCUT2D eigenvalue weighted by Gasteiger charge is -2.22. The second-order valence-corrected chi connectivity index (χ2v) is 14.1. The minimum atomic E-state index is -1.17. The first-order valence-corrected chi connectivity index (χ1v) is 18.7. The van der Waals surface area contributed by atoms with Crippen LogP contribution in [0.3, 0.4) is 0 Å².